The average molecular weight is 254 g/mol. The van der Waals surface area contributed by atoms with Gasteiger partial charge in [0, 0.05) is 30.7 Å². The number of aromatic nitrogens is 3. The number of amides is 1. The van der Waals surface area contributed by atoms with Crippen LogP contribution in [0.2, 0.25) is 0 Å². The van der Waals surface area contributed by atoms with Crippen molar-refractivity contribution in [3.8, 4) is 0 Å². The maximum absolute atomic E-state index is 11.8. The summed E-state index contributed by atoms with van der Waals surface area (Å²) in [5.41, 5.74) is 0.566. The second-order valence-electron chi connectivity index (χ2n) is 3.60. The van der Waals surface area contributed by atoms with Gasteiger partial charge in [0.15, 0.2) is 0 Å². The molecule has 94 valence electrons. The Balaban J connectivity index is 2.07. The van der Waals surface area contributed by atoms with E-state index in [1.165, 1.54) is 12.4 Å². The molecule has 0 unspecified atom stereocenters. The zero-order valence-corrected chi connectivity index (χ0v) is 9.91. The van der Waals surface area contributed by atoms with Gasteiger partial charge in [-0.25, -0.2) is 14.8 Å². The molecule has 0 atom stereocenters. The summed E-state index contributed by atoms with van der Waals surface area (Å²) in [4.78, 5) is 34.4. The van der Waals surface area contributed by atoms with Crippen LogP contribution in [0.15, 0.2) is 48.4 Å². The lowest BCUT2D eigenvalue weighted by atomic mass is 10.1. The summed E-state index contributed by atoms with van der Waals surface area (Å²) >= 11 is 0. The molecule has 0 bridgehead atoms. The van der Waals surface area contributed by atoms with Gasteiger partial charge in [-0.3, -0.25) is 15.1 Å². The quantitative estimate of drug-likeness (QED) is 0.644. The Morgan fingerprint density at radius 1 is 1.11 bits per heavy atom. The summed E-state index contributed by atoms with van der Waals surface area (Å²) in [5.74, 6) is 1.19. The minimum Gasteiger partial charge on any atom is -0.290 e. The topological polar surface area (TPSA) is 84.8 Å². The molecule has 19 heavy (non-hydrogen) atoms. The lowest BCUT2D eigenvalue weighted by Crippen LogP contribution is -2.18. The van der Waals surface area contributed by atoms with Crippen LogP contribution in [-0.2, 0) is 16.0 Å². The second-order valence-corrected chi connectivity index (χ2v) is 3.60. The number of nitrogens with one attached hydrogen (secondary N) is 1. The maximum atomic E-state index is 11.8. The molecule has 0 fully saturated rings. The third-order valence-corrected chi connectivity index (χ3v) is 2.27. The van der Waals surface area contributed by atoms with E-state index < -0.39 is 5.91 Å². The molecule has 2 rings (SSSR count). The fourth-order valence-corrected chi connectivity index (χ4v) is 1.39. The first-order chi connectivity index (χ1) is 9.29. The van der Waals surface area contributed by atoms with Gasteiger partial charge in [0.2, 0.25) is 5.95 Å². The standard InChI is InChI=1S/C13H10N4O2/c18-9-10(8-11-4-1-2-5-14-11)12(19)17-13-15-6-3-7-16-13/h1-7H,8H2,(H,15,16,17,19). The highest BCUT2D eigenvalue weighted by atomic mass is 16.2. The highest BCUT2D eigenvalue weighted by Crippen LogP contribution is 2.05. The van der Waals surface area contributed by atoms with Crippen molar-refractivity contribution in [1.82, 2.24) is 15.0 Å². The Morgan fingerprint density at radius 2 is 1.84 bits per heavy atom. The minimum atomic E-state index is -0.577. The lowest BCUT2D eigenvalue weighted by molar-refractivity contribution is -0.112. The monoisotopic (exact) mass is 254 g/mol. The van der Waals surface area contributed by atoms with Gasteiger partial charge in [-0.2, -0.15) is 0 Å². The number of pyridine rings is 1. The number of hydrogen-bond donors (Lipinski definition) is 1. The van der Waals surface area contributed by atoms with Crippen molar-refractivity contribution in [3.63, 3.8) is 0 Å². The smallest absolute Gasteiger partial charge is 0.265 e. The molecule has 2 aromatic rings. The molecule has 6 heteroatoms. The first kappa shape index (κ1) is 12.6. The fourth-order valence-electron chi connectivity index (χ4n) is 1.39. The van der Waals surface area contributed by atoms with Crippen molar-refractivity contribution in [2.45, 2.75) is 6.42 Å². The first-order valence-corrected chi connectivity index (χ1v) is 5.52. The molecule has 0 saturated carbocycles. The van der Waals surface area contributed by atoms with Crippen LogP contribution in [0.3, 0.4) is 0 Å². The summed E-state index contributed by atoms with van der Waals surface area (Å²) in [7, 11) is 0. The van der Waals surface area contributed by atoms with Gasteiger partial charge >= 0.3 is 0 Å². The van der Waals surface area contributed by atoms with Crippen LogP contribution in [0.4, 0.5) is 5.95 Å². The molecule has 6 nitrogen and oxygen atoms in total. The predicted molar refractivity (Wildman–Crippen MR) is 67.8 cm³/mol. The van der Waals surface area contributed by atoms with Crippen LogP contribution in [0.1, 0.15) is 5.69 Å². The van der Waals surface area contributed by atoms with E-state index in [2.05, 4.69) is 20.3 Å². The van der Waals surface area contributed by atoms with Crippen LogP contribution < -0.4 is 5.32 Å². The van der Waals surface area contributed by atoms with E-state index in [1.54, 1.807) is 36.4 Å². The molecule has 1 amide bonds. The highest BCUT2D eigenvalue weighted by Gasteiger charge is 2.13. The first-order valence-electron chi connectivity index (χ1n) is 5.52. The van der Waals surface area contributed by atoms with Gasteiger partial charge in [0.1, 0.15) is 11.5 Å². The largest absolute Gasteiger partial charge is 0.290 e. The molecular formula is C13H10N4O2. The molecule has 0 aliphatic heterocycles. The predicted octanol–water partition coefficient (Wildman–Crippen LogP) is 0.811. The molecule has 0 spiro atoms. The number of nitrogens with zero attached hydrogens (tertiary/aromatic N) is 3. The van der Waals surface area contributed by atoms with Gasteiger partial charge in [-0.15, -0.1) is 0 Å². The molecular weight excluding hydrogens is 244 g/mol. The van der Waals surface area contributed by atoms with Crippen LogP contribution >= 0.6 is 0 Å². The third kappa shape index (κ3) is 3.55. The Labute approximate surface area is 109 Å². The molecule has 0 radical (unpaired) electrons. The summed E-state index contributed by atoms with van der Waals surface area (Å²) in [6.45, 7) is 0. The minimum absolute atomic E-state index is 0.0499. The molecule has 0 saturated heterocycles. The Hall–Kier alpha value is -2.85. The number of carbonyl (C=O) groups is 1. The Kier molecular flexibility index (Phi) is 4.10. The molecule has 2 aromatic heterocycles. The van der Waals surface area contributed by atoms with Gasteiger partial charge in [0.25, 0.3) is 5.91 Å². The van der Waals surface area contributed by atoms with Gasteiger partial charge < -0.3 is 0 Å². The van der Waals surface area contributed by atoms with E-state index in [0.717, 1.165) is 0 Å². The Morgan fingerprint density at radius 3 is 2.47 bits per heavy atom. The van der Waals surface area contributed by atoms with E-state index in [1.807, 2.05) is 0 Å². The highest BCUT2D eigenvalue weighted by molar-refractivity contribution is 6.08. The van der Waals surface area contributed by atoms with E-state index in [0.29, 0.717) is 5.69 Å². The molecule has 1 N–H and O–H groups in total. The van der Waals surface area contributed by atoms with Crippen molar-refractivity contribution in [2.24, 2.45) is 0 Å². The van der Waals surface area contributed by atoms with Gasteiger partial charge in [-0.05, 0) is 18.2 Å². The maximum Gasteiger partial charge on any atom is 0.265 e. The zero-order valence-electron chi connectivity index (χ0n) is 9.91. The average Bonchev–Trinajstić information content (AvgIpc) is 2.47. The SMILES string of the molecule is O=C=C(Cc1ccccn1)C(=O)Nc1ncccn1. The van der Waals surface area contributed by atoms with Crippen molar-refractivity contribution in [2.75, 3.05) is 5.32 Å². The molecule has 2 heterocycles. The molecule has 0 aliphatic carbocycles. The second kappa shape index (κ2) is 6.18. The summed E-state index contributed by atoms with van der Waals surface area (Å²) in [6.07, 6.45) is 4.69. The van der Waals surface area contributed by atoms with Crippen LogP contribution in [-0.4, -0.2) is 26.8 Å². The van der Waals surface area contributed by atoms with E-state index in [4.69, 9.17) is 0 Å². The van der Waals surface area contributed by atoms with Crippen molar-refractivity contribution in [1.29, 1.82) is 0 Å². The normalized spacial score (nSPS) is 9.47. The van der Waals surface area contributed by atoms with E-state index >= 15 is 0 Å². The lowest BCUT2D eigenvalue weighted by Gasteiger charge is -2.03. The van der Waals surface area contributed by atoms with Crippen molar-refractivity contribution >= 4 is 17.8 Å². The number of hydrogen-bond acceptors (Lipinski definition) is 5. The Bertz CT molecular complexity index is 607. The van der Waals surface area contributed by atoms with E-state index in [9.17, 15) is 9.59 Å². The summed E-state index contributed by atoms with van der Waals surface area (Å²) in [5, 5.41) is 2.42. The summed E-state index contributed by atoms with van der Waals surface area (Å²) in [6, 6.07) is 6.89. The zero-order chi connectivity index (χ0) is 13.5. The van der Waals surface area contributed by atoms with Crippen molar-refractivity contribution in [3.05, 3.63) is 54.1 Å². The number of carbonyl (C=O) groups excluding carboxylic acids is 2. The van der Waals surface area contributed by atoms with Crippen LogP contribution in [0.5, 0.6) is 0 Å². The van der Waals surface area contributed by atoms with Crippen LogP contribution in [0, 0.1) is 0 Å². The third-order valence-electron chi connectivity index (χ3n) is 2.27. The number of rotatable bonds is 4. The molecule has 0 aliphatic rings. The summed E-state index contributed by atoms with van der Waals surface area (Å²) < 4.78 is 0. The van der Waals surface area contributed by atoms with Crippen LogP contribution in [0.25, 0.3) is 0 Å². The van der Waals surface area contributed by atoms with E-state index in [-0.39, 0.29) is 17.9 Å². The van der Waals surface area contributed by atoms with Crippen molar-refractivity contribution < 1.29 is 9.59 Å². The van der Waals surface area contributed by atoms with Gasteiger partial charge in [0.05, 0.1) is 0 Å². The van der Waals surface area contributed by atoms with Gasteiger partial charge in [-0.1, -0.05) is 6.07 Å². The molecule has 0 aromatic carbocycles. The number of anilines is 1. The fraction of sp³-hybridized carbons (Fsp3) is 0.0769.